The summed E-state index contributed by atoms with van der Waals surface area (Å²) in [5.74, 6) is 0. The summed E-state index contributed by atoms with van der Waals surface area (Å²) in [6.45, 7) is 8.88. The minimum Gasteiger partial charge on any atom is -0.387 e. The van der Waals surface area contributed by atoms with Gasteiger partial charge in [0.1, 0.15) is 0 Å². The maximum atomic E-state index is 10.2. The summed E-state index contributed by atoms with van der Waals surface area (Å²) in [4.78, 5) is 5.54. The molecule has 0 aliphatic carbocycles. The molecular formula is C12H21N3O. The van der Waals surface area contributed by atoms with E-state index in [0.717, 1.165) is 49.7 Å². The molecule has 16 heavy (non-hydrogen) atoms. The average molecular weight is 223 g/mol. The van der Waals surface area contributed by atoms with Crippen LogP contribution in [0.1, 0.15) is 23.1 Å². The van der Waals surface area contributed by atoms with Gasteiger partial charge in [0, 0.05) is 49.7 Å². The van der Waals surface area contributed by atoms with Crippen LogP contribution in [0.4, 0.5) is 0 Å². The van der Waals surface area contributed by atoms with Crippen LogP contribution in [0.15, 0.2) is 6.07 Å². The van der Waals surface area contributed by atoms with E-state index in [2.05, 4.69) is 15.2 Å². The quantitative estimate of drug-likeness (QED) is 0.702. The summed E-state index contributed by atoms with van der Waals surface area (Å²) in [7, 11) is 0. The number of aliphatic hydroxyl groups excluding tert-OH is 1. The lowest BCUT2D eigenvalue weighted by Gasteiger charge is -2.29. The Kier molecular flexibility index (Phi) is 3.63. The van der Waals surface area contributed by atoms with Crippen LogP contribution in [0, 0.1) is 13.8 Å². The first-order chi connectivity index (χ1) is 7.66. The van der Waals surface area contributed by atoms with E-state index in [1.165, 1.54) is 0 Å². The Labute approximate surface area is 96.7 Å². The summed E-state index contributed by atoms with van der Waals surface area (Å²) in [6.07, 6.45) is -0.372. The molecule has 4 nitrogen and oxygen atoms in total. The van der Waals surface area contributed by atoms with E-state index < -0.39 is 0 Å². The van der Waals surface area contributed by atoms with Gasteiger partial charge >= 0.3 is 0 Å². The average Bonchev–Trinajstić information content (AvgIpc) is 2.59. The van der Waals surface area contributed by atoms with Gasteiger partial charge in [-0.05, 0) is 19.9 Å². The van der Waals surface area contributed by atoms with Crippen LogP contribution in [0.3, 0.4) is 0 Å². The molecule has 1 aromatic rings. The van der Waals surface area contributed by atoms with Crippen molar-refractivity contribution in [2.24, 2.45) is 0 Å². The maximum absolute atomic E-state index is 10.2. The zero-order valence-electron chi connectivity index (χ0n) is 10.1. The van der Waals surface area contributed by atoms with Gasteiger partial charge in [0.2, 0.25) is 0 Å². The molecule has 0 amide bonds. The van der Waals surface area contributed by atoms with Crippen LogP contribution in [-0.2, 0) is 0 Å². The van der Waals surface area contributed by atoms with Gasteiger partial charge < -0.3 is 15.4 Å². The molecule has 2 rings (SSSR count). The van der Waals surface area contributed by atoms with Crippen molar-refractivity contribution in [3.05, 3.63) is 23.0 Å². The van der Waals surface area contributed by atoms with Gasteiger partial charge in [-0.2, -0.15) is 0 Å². The summed E-state index contributed by atoms with van der Waals surface area (Å²) < 4.78 is 0. The normalized spacial score (nSPS) is 19.9. The standard InChI is InChI=1S/C12H21N3O/c1-9-7-11(10(2)14-9)12(16)8-15-5-3-13-4-6-15/h7,12-14,16H,3-6,8H2,1-2H3. The molecule has 3 N–H and O–H groups in total. The lowest BCUT2D eigenvalue weighted by atomic mass is 10.1. The van der Waals surface area contributed by atoms with Crippen LogP contribution in [0.5, 0.6) is 0 Å². The molecule has 4 heteroatoms. The molecular weight excluding hydrogens is 202 g/mol. The second-order valence-corrected chi connectivity index (χ2v) is 4.60. The highest BCUT2D eigenvalue weighted by Crippen LogP contribution is 2.19. The predicted octanol–water partition coefficient (Wildman–Crippen LogP) is 0.570. The van der Waals surface area contributed by atoms with Crippen molar-refractivity contribution in [2.75, 3.05) is 32.7 Å². The molecule has 2 heterocycles. The number of piperazine rings is 1. The molecule has 0 bridgehead atoms. The molecule has 0 radical (unpaired) electrons. The topological polar surface area (TPSA) is 51.3 Å². The molecule has 1 fully saturated rings. The number of H-pyrrole nitrogens is 1. The summed E-state index contributed by atoms with van der Waals surface area (Å²) in [6, 6.07) is 2.04. The van der Waals surface area contributed by atoms with Crippen LogP contribution < -0.4 is 5.32 Å². The molecule has 1 aromatic heterocycles. The van der Waals surface area contributed by atoms with E-state index in [9.17, 15) is 5.11 Å². The largest absolute Gasteiger partial charge is 0.387 e. The number of aromatic amines is 1. The Hall–Kier alpha value is -0.840. The minimum atomic E-state index is -0.372. The molecule has 0 saturated carbocycles. The Morgan fingerprint density at radius 2 is 2.06 bits per heavy atom. The van der Waals surface area contributed by atoms with Crippen LogP contribution in [0.25, 0.3) is 0 Å². The molecule has 1 saturated heterocycles. The number of rotatable bonds is 3. The third kappa shape index (κ3) is 2.64. The van der Waals surface area contributed by atoms with Crippen molar-refractivity contribution >= 4 is 0 Å². The van der Waals surface area contributed by atoms with E-state index in [4.69, 9.17) is 0 Å². The number of nitrogens with zero attached hydrogens (tertiary/aromatic N) is 1. The summed E-state index contributed by atoms with van der Waals surface area (Å²) in [5, 5.41) is 13.5. The van der Waals surface area contributed by atoms with Gasteiger partial charge in [0.15, 0.2) is 0 Å². The Morgan fingerprint density at radius 1 is 1.38 bits per heavy atom. The highest BCUT2D eigenvalue weighted by atomic mass is 16.3. The molecule has 1 atom stereocenters. The van der Waals surface area contributed by atoms with Crippen molar-refractivity contribution in [3.63, 3.8) is 0 Å². The molecule has 1 aliphatic heterocycles. The number of aromatic nitrogens is 1. The molecule has 0 spiro atoms. The van der Waals surface area contributed by atoms with Crippen LogP contribution in [0.2, 0.25) is 0 Å². The first-order valence-corrected chi connectivity index (χ1v) is 5.94. The summed E-state index contributed by atoms with van der Waals surface area (Å²) in [5.41, 5.74) is 3.24. The van der Waals surface area contributed by atoms with E-state index >= 15 is 0 Å². The second kappa shape index (κ2) is 4.99. The molecule has 1 unspecified atom stereocenters. The van der Waals surface area contributed by atoms with Gasteiger partial charge in [-0.3, -0.25) is 4.90 Å². The van der Waals surface area contributed by atoms with E-state index in [-0.39, 0.29) is 6.10 Å². The number of nitrogens with one attached hydrogen (secondary N) is 2. The van der Waals surface area contributed by atoms with Crippen molar-refractivity contribution in [1.82, 2.24) is 15.2 Å². The van der Waals surface area contributed by atoms with Gasteiger partial charge in [-0.25, -0.2) is 0 Å². The maximum Gasteiger partial charge on any atom is 0.0934 e. The third-order valence-corrected chi connectivity index (χ3v) is 3.19. The number of β-amino-alcohol motifs (C(OH)–C–C–N with tert-alkyl or cyclic N) is 1. The first-order valence-electron chi connectivity index (χ1n) is 5.94. The van der Waals surface area contributed by atoms with Crippen LogP contribution >= 0.6 is 0 Å². The number of hydrogen-bond donors (Lipinski definition) is 3. The van der Waals surface area contributed by atoms with Gasteiger partial charge in [0.25, 0.3) is 0 Å². The number of aliphatic hydroxyl groups is 1. The molecule has 0 aromatic carbocycles. The van der Waals surface area contributed by atoms with E-state index in [0.29, 0.717) is 0 Å². The fourth-order valence-corrected chi connectivity index (χ4v) is 2.33. The number of hydrogen-bond acceptors (Lipinski definition) is 3. The van der Waals surface area contributed by atoms with Crippen molar-refractivity contribution in [2.45, 2.75) is 20.0 Å². The second-order valence-electron chi connectivity index (χ2n) is 4.60. The van der Waals surface area contributed by atoms with Gasteiger partial charge in [-0.15, -0.1) is 0 Å². The monoisotopic (exact) mass is 223 g/mol. The number of aryl methyl sites for hydroxylation is 2. The van der Waals surface area contributed by atoms with Crippen molar-refractivity contribution in [1.29, 1.82) is 0 Å². The SMILES string of the molecule is Cc1cc(C(O)CN2CCNCC2)c(C)[nH]1. The van der Waals surface area contributed by atoms with Gasteiger partial charge in [-0.1, -0.05) is 0 Å². The highest BCUT2D eigenvalue weighted by Gasteiger charge is 2.17. The lowest BCUT2D eigenvalue weighted by Crippen LogP contribution is -2.44. The summed E-state index contributed by atoms with van der Waals surface area (Å²) >= 11 is 0. The predicted molar refractivity (Wildman–Crippen MR) is 64.5 cm³/mol. The third-order valence-electron chi connectivity index (χ3n) is 3.19. The fraction of sp³-hybridized carbons (Fsp3) is 0.667. The van der Waals surface area contributed by atoms with Crippen molar-refractivity contribution in [3.8, 4) is 0 Å². The molecule has 90 valence electrons. The Balaban J connectivity index is 1.96. The lowest BCUT2D eigenvalue weighted by molar-refractivity contribution is 0.105. The minimum absolute atomic E-state index is 0.372. The highest BCUT2D eigenvalue weighted by molar-refractivity contribution is 5.26. The Bertz CT molecular complexity index is 342. The smallest absolute Gasteiger partial charge is 0.0934 e. The fourth-order valence-electron chi connectivity index (χ4n) is 2.33. The van der Waals surface area contributed by atoms with E-state index in [1.807, 2.05) is 19.9 Å². The molecule has 1 aliphatic rings. The van der Waals surface area contributed by atoms with Gasteiger partial charge in [0.05, 0.1) is 6.10 Å². The van der Waals surface area contributed by atoms with Crippen molar-refractivity contribution < 1.29 is 5.11 Å². The van der Waals surface area contributed by atoms with E-state index in [1.54, 1.807) is 0 Å². The first kappa shape index (κ1) is 11.6. The Morgan fingerprint density at radius 3 is 2.62 bits per heavy atom. The van der Waals surface area contributed by atoms with Crippen LogP contribution in [-0.4, -0.2) is 47.7 Å². The zero-order valence-corrected chi connectivity index (χ0v) is 10.1. The zero-order chi connectivity index (χ0) is 11.5.